The monoisotopic (exact) mass is 589 g/mol. The number of carbonyl (C=O) groups is 5. The van der Waals surface area contributed by atoms with Crippen LogP contribution in [0.25, 0.3) is 0 Å². The lowest BCUT2D eigenvalue weighted by molar-refractivity contribution is -0.288. The maximum absolute atomic E-state index is 14.3. The van der Waals surface area contributed by atoms with Gasteiger partial charge < -0.3 is 33.7 Å². The van der Waals surface area contributed by atoms with Crippen molar-refractivity contribution < 1.29 is 56.8 Å². The summed E-state index contributed by atoms with van der Waals surface area (Å²) in [6.07, 6.45) is -7.28. The van der Waals surface area contributed by atoms with Crippen molar-refractivity contribution in [3.63, 3.8) is 0 Å². The van der Waals surface area contributed by atoms with Gasteiger partial charge in [-0.1, -0.05) is 30.3 Å². The number of ether oxygens (including phenoxy) is 6. The molecule has 12 nitrogen and oxygen atoms in total. The third-order valence-corrected chi connectivity index (χ3v) is 6.02. The van der Waals surface area contributed by atoms with E-state index >= 15 is 0 Å². The Morgan fingerprint density at radius 1 is 0.833 bits per heavy atom. The Kier molecular flexibility index (Phi) is 11.0. The quantitative estimate of drug-likeness (QED) is 0.322. The lowest BCUT2D eigenvalue weighted by Crippen LogP contribution is -2.63. The molecule has 1 fully saturated rings. The minimum atomic E-state index is -1.60. The van der Waals surface area contributed by atoms with Gasteiger partial charge in [0.15, 0.2) is 12.2 Å². The summed E-state index contributed by atoms with van der Waals surface area (Å²) in [5.74, 6) is -4.72. The molecule has 226 valence electrons. The maximum Gasteiger partial charge on any atom is 0.303 e. The van der Waals surface area contributed by atoms with Crippen LogP contribution in [0, 0.1) is 5.82 Å². The molecule has 0 bridgehead atoms. The standard InChI is InChI=1S/C29H32FNO11/c1-15(20-9-7-6-8-10-20)31-28(36)22-13-21(30)11-12-23(22)41-29-27(40-19(5)35)26(39-18(4)34)25(38-17(3)33)24(42-29)14-37-16(2)32/h6-13,15,24-27,29H,14H2,1-5H3,(H,31,36). The zero-order valence-corrected chi connectivity index (χ0v) is 23.7. The van der Waals surface area contributed by atoms with Crippen molar-refractivity contribution in [3.8, 4) is 5.75 Å². The molecule has 1 N–H and O–H groups in total. The summed E-state index contributed by atoms with van der Waals surface area (Å²) in [4.78, 5) is 60.9. The number of nitrogens with one attached hydrogen (secondary N) is 1. The molecule has 0 aliphatic carbocycles. The fraction of sp³-hybridized carbons (Fsp3) is 0.414. The number of carbonyl (C=O) groups excluding carboxylic acids is 5. The highest BCUT2D eigenvalue weighted by molar-refractivity contribution is 5.97. The third-order valence-electron chi connectivity index (χ3n) is 6.02. The molecule has 6 atom stereocenters. The van der Waals surface area contributed by atoms with E-state index < -0.39 is 79.0 Å². The SMILES string of the molecule is CC(=O)OCC1OC(Oc2ccc(F)cc2C(=O)NC(C)c2ccccc2)C(OC(C)=O)C(OC(C)=O)C1OC(C)=O. The molecule has 13 heteroatoms. The molecule has 2 aromatic rings. The number of esters is 4. The Morgan fingerprint density at radius 3 is 2.02 bits per heavy atom. The van der Waals surface area contributed by atoms with Crippen molar-refractivity contribution in [2.75, 3.05) is 6.61 Å². The van der Waals surface area contributed by atoms with E-state index in [1.807, 2.05) is 18.2 Å². The molecule has 1 amide bonds. The molecular weight excluding hydrogens is 557 g/mol. The van der Waals surface area contributed by atoms with Crippen LogP contribution >= 0.6 is 0 Å². The summed E-state index contributed by atoms with van der Waals surface area (Å²) in [7, 11) is 0. The van der Waals surface area contributed by atoms with E-state index in [-0.39, 0.29) is 11.3 Å². The van der Waals surface area contributed by atoms with Crippen LogP contribution in [0.1, 0.15) is 56.6 Å². The van der Waals surface area contributed by atoms with E-state index in [1.54, 1.807) is 19.1 Å². The van der Waals surface area contributed by atoms with Crippen molar-refractivity contribution in [2.45, 2.75) is 71.4 Å². The van der Waals surface area contributed by atoms with Crippen LogP contribution in [-0.2, 0) is 42.9 Å². The van der Waals surface area contributed by atoms with E-state index in [4.69, 9.17) is 28.4 Å². The summed E-state index contributed by atoms with van der Waals surface area (Å²) in [5.41, 5.74) is 0.579. The second-order valence-corrected chi connectivity index (χ2v) is 9.43. The molecule has 42 heavy (non-hydrogen) atoms. The molecule has 1 saturated heterocycles. The van der Waals surface area contributed by atoms with Crippen LogP contribution < -0.4 is 10.1 Å². The normalized spacial score (nSPS) is 22.2. The average Bonchev–Trinajstić information content (AvgIpc) is 2.91. The molecule has 0 radical (unpaired) electrons. The summed E-state index contributed by atoms with van der Waals surface area (Å²) in [6.45, 7) is 5.67. The Labute approximate surface area is 241 Å². The van der Waals surface area contributed by atoms with Gasteiger partial charge in [0, 0.05) is 27.7 Å². The molecule has 1 aliphatic rings. The molecule has 2 aromatic carbocycles. The van der Waals surface area contributed by atoms with Crippen molar-refractivity contribution in [3.05, 3.63) is 65.5 Å². The number of halogens is 1. The zero-order chi connectivity index (χ0) is 31.0. The number of hydrogen-bond donors (Lipinski definition) is 1. The highest BCUT2D eigenvalue weighted by Crippen LogP contribution is 2.32. The van der Waals surface area contributed by atoms with E-state index in [1.165, 1.54) is 6.07 Å². The van der Waals surface area contributed by atoms with Gasteiger partial charge in [-0.2, -0.15) is 0 Å². The van der Waals surface area contributed by atoms with Gasteiger partial charge in [-0.05, 0) is 30.7 Å². The second kappa shape index (κ2) is 14.4. The number of rotatable bonds is 10. The van der Waals surface area contributed by atoms with Crippen LogP contribution in [0.2, 0.25) is 0 Å². The lowest BCUT2D eigenvalue weighted by Gasteiger charge is -2.44. The van der Waals surface area contributed by atoms with Gasteiger partial charge in [0.1, 0.15) is 24.3 Å². The number of benzene rings is 2. The van der Waals surface area contributed by atoms with Crippen LogP contribution in [0.5, 0.6) is 5.75 Å². The highest BCUT2D eigenvalue weighted by atomic mass is 19.1. The predicted octanol–water partition coefficient (Wildman–Crippen LogP) is 2.78. The van der Waals surface area contributed by atoms with Gasteiger partial charge in [-0.15, -0.1) is 0 Å². The van der Waals surface area contributed by atoms with Crippen LogP contribution in [0.4, 0.5) is 4.39 Å². The molecule has 1 heterocycles. The molecule has 1 aliphatic heterocycles. The van der Waals surface area contributed by atoms with Crippen LogP contribution in [0.3, 0.4) is 0 Å². The van der Waals surface area contributed by atoms with Gasteiger partial charge in [0.05, 0.1) is 11.6 Å². The van der Waals surface area contributed by atoms with Crippen molar-refractivity contribution in [1.29, 1.82) is 0 Å². The zero-order valence-electron chi connectivity index (χ0n) is 23.7. The summed E-state index contributed by atoms with van der Waals surface area (Å²) in [6, 6.07) is 11.8. The average molecular weight is 590 g/mol. The number of hydrogen-bond acceptors (Lipinski definition) is 11. The van der Waals surface area contributed by atoms with Gasteiger partial charge in [-0.3, -0.25) is 24.0 Å². The third kappa shape index (κ3) is 8.74. The first-order chi connectivity index (χ1) is 19.8. The summed E-state index contributed by atoms with van der Waals surface area (Å²) >= 11 is 0. The Balaban J connectivity index is 2.00. The minimum absolute atomic E-state index is 0.171. The van der Waals surface area contributed by atoms with E-state index in [0.717, 1.165) is 45.4 Å². The molecule has 3 rings (SSSR count). The first kappa shape index (κ1) is 32.0. The topological polar surface area (TPSA) is 153 Å². The molecule has 0 spiro atoms. The van der Waals surface area contributed by atoms with Crippen LogP contribution in [0.15, 0.2) is 48.5 Å². The Bertz CT molecular complexity index is 1300. The van der Waals surface area contributed by atoms with E-state index in [0.29, 0.717) is 0 Å². The lowest BCUT2D eigenvalue weighted by atomic mass is 9.98. The maximum atomic E-state index is 14.3. The van der Waals surface area contributed by atoms with Crippen molar-refractivity contribution in [2.24, 2.45) is 0 Å². The van der Waals surface area contributed by atoms with E-state index in [9.17, 15) is 28.4 Å². The fourth-order valence-corrected chi connectivity index (χ4v) is 4.29. The first-order valence-corrected chi connectivity index (χ1v) is 13.0. The highest BCUT2D eigenvalue weighted by Gasteiger charge is 2.53. The molecule has 0 aromatic heterocycles. The summed E-state index contributed by atoms with van der Waals surface area (Å²) in [5, 5.41) is 2.77. The number of amides is 1. The summed E-state index contributed by atoms with van der Waals surface area (Å²) < 4.78 is 47.4. The molecule has 6 unspecified atom stereocenters. The molecule has 0 saturated carbocycles. The van der Waals surface area contributed by atoms with Gasteiger partial charge in [0.25, 0.3) is 5.91 Å². The van der Waals surface area contributed by atoms with Crippen molar-refractivity contribution in [1.82, 2.24) is 5.32 Å². The Morgan fingerprint density at radius 2 is 1.43 bits per heavy atom. The first-order valence-electron chi connectivity index (χ1n) is 13.0. The Hall–Kier alpha value is -4.52. The fourth-order valence-electron chi connectivity index (χ4n) is 4.29. The van der Waals surface area contributed by atoms with Gasteiger partial charge in [0.2, 0.25) is 12.4 Å². The van der Waals surface area contributed by atoms with Gasteiger partial charge >= 0.3 is 23.9 Å². The van der Waals surface area contributed by atoms with Gasteiger partial charge in [-0.25, -0.2) is 4.39 Å². The second-order valence-electron chi connectivity index (χ2n) is 9.43. The van der Waals surface area contributed by atoms with Crippen molar-refractivity contribution >= 4 is 29.8 Å². The molecular formula is C29H32FNO11. The minimum Gasteiger partial charge on any atom is -0.463 e. The largest absolute Gasteiger partial charge is 0.463 e. The predicted molar refractivity (Wildman–Crippen MR) is 141 cm³/mol. The van der Waals surface area contributed by atoms with Crippen LogP contribution in [-0.4, -0.2) is 67.1 Å². The smallest absolute Gasteiger partial charge is 0.303 e. The van der Waals surface area contributed by atoms with E-state index in [2.05, 4.69) is 5.32 Å².